The lowest BCUT2D eigenvalue weighted by atomic mass is 10.1. The van der Waals surface area contributed by atoms with Crippen LogP contribution in [0.5, 0.6) is 5.75 Å². The minimum Gasteiger partial charge on any atom is -0.508 e. The molecule has 0 bridgehead atoms. The van der Waals surface area contributed by atoms with Crippen LogP contribution in [0.15, 0.2) is 53.0 Å². The molecule has 5 heteroatoms. The molecule has 0 aliphatic heterocycles. The molecule has 2 rings (SSSR count). The molecule has 2 amide bonds. The second kappa shape index (κ2) is 6.96. The molecule has 0 atom stereocenters. The lowest BCUT2D eigenvalue weighted by Crippen LogP contribution is -2.30. The van der Waals surface area contributed by atoms with E-state index >= 15 is 0 Å². The number of halogens is 1. The second-order valence-electron chi connectivity index (χ2n) is 4.31. The number of phenolic OH excluding ortho intramolecular Hbond substituents is 1. The van der Waals surface area contributed by atoms with Crippen molar-refractivity contribution in [3.05, 3.63) is 58.6 Å². The maximum Gasteiger partial charge on any atom is 0.319 e. The highest BCUT2D eigenvalue weighted by molar-refractivity contribution is 9.10. The summed E-state index contributed by atoms with van der Waals surface area (Å²) in [4.78, 5) is 11.7. The molecule has 3 N–H and O–H groups in total. The van der Waals surface area contributed by atoms with Crippen molar-refractivity contribution in [1.82, 2.24) is 5.32 Å². The van der Waals surface area contributed by atoms with Gasteiger partial charge in [-0.3, -0.25) is 0 Å². The number of amides is 2. The van der Waals surface area contributed by atoms with Gasteiger partial charge in [-0.05, 0) is 36.2 Å². The van der Waals surface area contributed by atoms with E-state index in [-0.39, 0.29) is 11.8 Å². The van der Waals surface area contributed by atoms with Crippen molar-refractivity contribution in [1.29, 1.82) is 0 Å². The van der Waals surface area contributed by atoms with E-state index in [1.807, 2.05) is 24.3 Å². The molecule has 104 valence electrons. The zero-order valence-electron chi connectivity index (χ0n) is 10.8. The first-order valence-electron chi connectivity index (χ1n) is 6.22. The van der Waals surface area contributed by atoms with Crippen molar-refractivity contribution in [3.63, 3.8) is 0 Å². The van der Waals surface area contributed by atoms with Gasteiger partial charge in [0.1, 0.15) is 5.75 Å². The summed E-state index contributed by atoms with van der Waals surface area (Å²) in [5.41, 5.74) is 1.72. The Morgan fingerprint density at radius 1 is 1.15 bits per heavy atom. The minimum absolute atomic E-state index is 0.123. The maximum absolute atomic E-state index is 11.7. The number of rotatable bonds is 4. The standard InChI is InChI=1S/C15H15BrN2O2/c16-12-6-4-11(5-7-12)8-9-17-15(20)18-13-2-1-3-14(19)10-13/h1-7,10,19H,8-9H2,(H2,17,18,20). The number of benzene rings is 2. The molecule has 0 aliphatic carbocycles. The van der Waals surface area contributed by atoms with Crippen LogP contribution >= 0.6 is 15.9 Å². The van der Waals surface area contributed by atoms with Gasteiger partial charge in [-0.25, -0.2) is 4.79 Å². The molecular formula is C15H15BrN2O2. The van der Waals surface area contributed by atoms with Gasteiger partial charge >= 0.3 is 6.03 Å². The van der Waals surface area contributed by atoms with Crippen molar-refractivity contribution < 1.29 is 9.90 Å². The highest BCUT2D eigenvalue weighted by atomic mass is 79.9. The number of urea groups is 1. The molecule has 0 heterocycles. The summed E-state index contributed by atoms with van der Waals surface area (Å²) in [5, 5.41) is 14.7. The number of carbonyl (C=O) groups is 1. The normalized spacial score (nSPS) is 10.1. The van der Waals surface area contributed by atoms with E-state index in [9.17, 15) is 9.90 Å². The van der Waals surface area contributed by atoms with E-state index < -0.39 is 0 Å². The third-order valence-corrected chi connectivity index (χ3v) is 3.25. The topological polar surface area (TPSA) is 61.4 Å². The first-order valence-corrected chi connectivity index (χ1v) is 7.01. The van der Waals surface area contributed by atoms with Gasteiger partial charge in [-0.1, -0.05) is 34.1 Å². The maximum atomic E-state index is 11.7. The molecule has 0 radical (unpaired) electrons. The Hall–Kier alpha value is -2.01. The summed E-state index contributed by atoms with van der Waals surface area (Å²) in [6, 6.07) is 14.1. The van der Waals surface area contributed by atoms with Crippen LogP contribution in [0.25, 0.3) is 0 Å². The van der Waals surface area contributed by atoms with Crippen LogP contribution in [-0.4, -0.2) is 17.7 Å². The van der Waals surface area contributed by atoms with Crippen molar-refractivity contribution in [3.8, 4) is 5.75 Å². The molecule has 0 fully saturated rings. The summed E-state index contributed by atoms with van der Waals surface area (Å²) in [7, 11) is 0. The smallest absolute Gasteiger partial charge is 0.319 e. The van der Waals surface area contributed by atoms with Crippen molar-refractivity contribution in [2.45, 2.75) is 6.42 Å². The van der Waals surface area contributed by atoms with Gasteiger partial charge in [0.15, 0.2) is 0 Å². The van der Waals surface area contributed by atoms with Crippen LogP contribution < -0.4 is 10.6 Å². The lowest BCUT2D eigenvalue weighted by molar-refractivity contribution is 0.252. The molecule has 0 aliphatic rings. The van der Waals surface area contributed by atoms with Crippen LogP contribution in [0.2, 0.25) is 0 Å². The van der Waals surface area contributed by atoms with Crippen molar-refractivity contribution in [2.24, 2.45) is 0 Å². The fraction of sp³-hybridized carbons (Fsp3) is 0.133. The van der Waals surface area contributed by atoms with Crippen LogP contribution in [-0.2, 0) is 6.42 Å². The number of nitrogens with one attached hydrogen (secondary N) is 2. The van der Waals surface area contributed by atoms with Gasteiger partial charge < -0.3 is 15.7 Å². The molecule has 0 spiro atoms. The molecule has 2 aromatic carbocycles. The first kappa shape index (κ1) is 14.4. The number of carbonyl (C=O) groups excluding carboxylic acids is 1. The van der Waals surface area contributed by atoms with E-state index in [4.69, 9.17) is 0 Å². The highest BCUT2D eigenvalue weighted by Crippen LogP contribution is 2.15. The first-order chi connectivity index (χ1) is 9.63. The molecule has 20 heavy (non-hydrogen) atoms. The minimum atomic E-state index is -0.285. The van der Waals surface area contributed by atoms with Crippen LogP contribution in [0.3, 0.4) is 0 Å². The Kier molecular flexibility index (Phi) is 5.01. The van der Waals surface area contributed by atoms with Crippen molar-refractivity contribution >= 4 is 27.6 Å². The van der Waals surface area contributed by atoms with Gasteiger partial charge in [-0.15, -0.1) is 0 Å². The Labute approximate surface area is 126 Å². The molecule has 0 aromatic heterocycles. The Bertz CT molecular complexity index is 585. The Morgan fingerprint density at radius 3 is 2.60 bits per heavy atom. The highest BCUT2D eigenvalue weighted by Gasteiger charge is 2.01. The number of hydrogen-bond donors (Lipinski definition) is 3. The molecule has 2 aromatic rings. The van der Waals surface area contributed by atoms with Gasteiger partial charge in [0.05, 0.1) is 0 Å². The molecule has 0 saturated carbocycles. The van der Waals surface area contributed by atoms with Crippen LogP contribution in [0.4, 0.5) is 10.5 Å². The zero-order valence-corrected chi connectivity index (χ0v) is 12.4. The molecule has 0 unspecified atom stereocenters. The van der Waals surface area contributed by atoms with Gasteiger partial charge in [0.2, 0.25) is 0 Å². The third-order valence-electron chi connectivity index (χ3n) is 2.72. The summed E-state index contributed by atoms with van der Waals surface area (Å²) in [6.45, 7) is 0.548. The Balaban J connectivity index is 1.76. The quantitative estimate of drug-likeness (QED) is 0.801. The van der Waals surface area contributed by atoms with Crippen molar-refractivity contribution in [2.75, 3.05) is 11.9 Å². The summed E-state index contributed by atoms with van der Waals surface area (Å²) < 4.78 is 1.04. The van der Waals surface area contributed by atoms with Crippen LogP contribution in [0.1, 0.15) is 5.56 Å². The fourth-order valence-corrected chi connectivity index (χ4v) is 1.99. The monoisotopic (exact) mass is 334 g/mol. The molecule has 4 nitrogen and oxygen atoms in total. The average molecular weight is 335 g/mol. The second-order valence-corrected chi connectivity index (χ2v) is 5.22. The van der Waals surface area contributed by atoms with E-state index in [0.717, 1.165) is 16.5 Å². The predicted molar refractivity (Wildman–Crippen MR) is 83.0 cm³/mol. The predicted octanol–water partition coefficient (Wildman–Crippen LogP) is 3.52. The number of anilines is 1. The number of aromatic hydroxyl groups is 1. The van der Waals surface area contributed by atoms with Gasteiger partial charge in [-0.2, -0.15) is 0 Å². The summed E-state index contributed by atoms with van der Waals surface area (Å²) in [5.74, 6) is 0.123. The largest absolute Gasteiger partial charge is 0.508 e. The lowest BCUT2D eigenvalue weighted by Gasteiger charge is -2.08. The Morgan fingerprint density at radius 2 is 1.90 bits per heavy atom. The molecule has 0 saturated heterocycles. The fourth-order valence-electron chi connectivity index (χ4n) is 1.73. The third kappa shape index (κ3) is 4.59. The summed E-state index contributed by atoms with van der Waals surface area (Å²) in [6.07, 6.45) is 0.765. The van der Waals surface area contributed by atoms with E-state index in [0.29, 0.717) is 12.2 Å². The van der Waals surface area contributed by atoms with E-state index in [1.165, 1.54) is 6.07 Å². The average Bonchev–Trinajstić information content (AvgIpc) is 2.41. The number of hydrogen-bond acceptors (Lipinski definition) is 2. The van der Waals surface area contributed by atoms with Gasteiger partial charge in [0, 0.05) is 22.8 Å². The summed E-state index contributed by atoms with van der Waals surface area (Å²) >= 11 is 3.38. The SMILES string of the molecule is O=C(NCCc1ccc(Br)cc1)Nc1cccc(O)c1. The molecular weight excluding hydrogens is 320 g/mol. The van der Waals surface area contributed by atoms with Crippen LogP contribution in [0, 0.1) is 0 Å². The van der Waals surface area contributed by atoms with E-state index in [2.05, 4.69) is 26.6 Å². The zero-order chi connectivity index (χ0) is 14.4. The number of phenols is 1. The van der Waals surface area contributed by atoms with E-state index in [1.54, 1.807) is 18.2 Å². The van der Waals surface area contributed by atoms with Gasteiger partial charge in [0.25, 0.3) is 0 Å².